The van der Waals surface area contributed by atoms with E-state index in [0.29, 0.717) is 0 Å². The predicted octanol–water partition coefficient (Wildman–Crippen LogP) is 4.30. The highest BCUT2D eigenvalue weighted by molar-refractivity contribution is 9.12. The van der Waals surface area contributed by atoms with Crippen molar-refractivity contribution in [3.63, 3.8) is 0 Å². The minimum absolute atomic E-state index is 0.127. The Hall–Kier alpha value is -1.24. The molecule has 0 saturated heterocycles. The maximum absolute atomic E-state index is 10.2. The van der Waals surface area contributed by atoms with Gasteiger partial charge in [0.05, 0.1) is 22.3 Å². The minimum atomic E-state index is -0.560. The number of halogens is 2. The lowest BCUT2D eigenvalue weighted by molar-refractivity contribution is 0.229. The summed E-state index contributed by atoms with van der Waals surface area (Å²) in [6.07, 6.45) is 18.7. The average Bonchev–Trinajstić information content (AvgIpc) is 3.12. The van der Waals surface area contributed by atoms with Gasteiger partial charge in [-0.2, -0.15) is 5.10 Å². The van der Waals surface area contributed by atoms with Crippen LogP contribution in [0.2, 0.25) is 0 Å². The molecule has 3 aliphatic carbocycles. The third kappa shape index (κ3) is 3.73. The van der Waals surface area contributed by atoms with Gasteiger partial charge in [-0.3, -0.25) is 0 Å². The average molecular weight is 479 g/mol. The molecule has 4 nitrogen and oxygen atoms in total. The molecule has 4 aliphatic rings. The summed E-state index contributed by atoms with van der Waals surface area (Å²) in [4.78, 5) is 4.91. The first kappa shape index (κ1) is 18.1. The molecule has 0 bridgehead atoms. The fraction of sp³-hybridized carbons (Fsp3) is 0.400. The Labute approximate surface area is 170 Å². The largest absolute Gasteiger partial charge is 0.386 e. The van der Waals surface area contributed by atoms with E-state index in [0.717, 1.165) is 34.3 Å². The van der Waals surface area contributed by atoms with Gasteiger partial charge in [-0.1, -0.05) is 50.1 Å². The van der Waals surface area contributed by atoms with Crippen molar-refractivity contribution in [1.82, 2.24) is 5.43 Å². The van der Waals surface area contributed by atoms with Crippen molar-refractivity contribution in [2.45, 2.75) is 42.7 Å². The Morgan fingerprint density at radius 3 is 2.96 bits per heavy atom. The zero-order valence-corrected chi connectivity index (χ0v) is 17.4. The van der Waals surface area contributed by atoms with Crippen molar-refractivity contribution < 1.29 is 5.11 Å². The van der Waals surface area contributed by atoms with Crippen LogP contribution in [0.5, 0.6) is 0 Å². The van der Waals surface area contributed by atoms with E-state index in [2.05, 4.69) is 72.8 Å². The highest BCUT2D eigenvalue weighted by atomic mass is 79.9. The van der Waals surface area contributed by atoms with Crippen LogP contribution in [-0.4, -0.2) is 34.0 Å². The highest BCUT2D eigenvalue weighted by Crippen LogP contribution is 2.32. The molecule has 0 saturated carbocycles. The maximum atomic E-state index is 10.2. The molecule has 4 unspecified atom stereocenters. The van der Waals surface area contributed by atoms with Crippen molar-refractivity contribution in [3.8, 4) is 0 Å². The van der Waals surface area contributed by atoms with Crippen LogP contribution in [0.25, 0.3) is 0 Å². The number of fused-ring (bicyclic) bond motifs is 1. The molecule has 136 valence electrons. The number of aliphatic hydroxyl groups is 1. The van der Waals surface area contributed by atoms with Gasteiger partial charge in [0.1, 0.15) is 6.10 Å². The molecule has 0 aromatic heterocycles. The van der Waals surface area contributed by atoms with Crippen molar-refractivity contribution >= 4 is 43.8 Å². The fourth-order valence-corrected chi connectivity index (χ4v) is 5.05. The van der Waals surface area contributed by atoms with Gasteiger partial charge in [0.25, 0.3) is 0 Å². The minimum Gasteiger partial charge on any atom is -0.386 e. The second kappa shape index (κ2) is 7.79. The van der Waals surface area contributed by atoms with E-state index in [9.17, 15) is 5.11 Å². The molecule has 4 rings (SSSR count). The molecule has 0 aromatic rings. The normalized spacial score (nSPS) is 33.7. The molecule has 0 radical (unpaired) electrons. The lowest BCUT2D eigenvalue weighted by Crippen LogP contribution is -2.26. The van der Waals surface area contributed by atoms with Crippen molar-refractivity contribution in [2.24, 2.45) is 16.0 Å². The topological polar surface area (TPSA) is 57.0 Å². The summed E-state index contributed by atoms with van der Waals surface area (Å²) in [5.74, 6) is 0.258. The summed E-state index contributed by atoms with van der Waals surface area (Å²) in [6.45, 7) is 0. The Morgan fingerprint density at radius 2 is 2.19 bits per heavy atom. The first-order chi connectivity index (χ1) is 12.6. The van der Waals surface area contributed by atoms with Crippen LogP contribution >= 0.6 is 31.9 Å². The Balaban J connectivity index is 1.72. The Bertz CT molecular complexity index is 804. The second-order valence-corrected chi connectivity index (χ2v) is 8.91. The van der Waals surface area contributed by atoms with Gasteiger partial charge in [-0.25, -0.2) is 4.99 Å². The maximum Gasteiger partial charge on any atom is 0.101 e. The lowest BCUT2D eigenvalue weighted by atomic mass is 9.89. The number of aliphatic hydroxyl groups excluding tert-OH is 1. The van der Waals surface area contributed by atoms with Gasteiger partial charge in [-0.05, 0) is 55.1 Å². The molecule has 0 spiro atoms. The van der Waals surface area contributed by atoms with Crippen LogP contribution in [0.3, 0.4) is 0 Å². The molecule has 1 heterocycles. The smallest absolute Gasteiger partial charge is 0.101 e. The monoisotopic (exact) mass is 477 g/mol. The fourth-order valence-electron chi connectivity index (χ4n) is 3.59. The SMILES string of the molecule is OC1C(Br)=CC(C(=NC2=CC3C=NNC3C=C2)C2=CCCCC2)=CC1Br. The van der Waals surface area contributed by atoms with Crippen LogP contribution in [-0.2, 0) is 0 Å². The number of hydrazone groups is 1. The Kier molecular flexibility index (Phi) is 5.43. The van der Waals surface area contributed by atoms with Gasteiger partial charge in [0.15, 0.2) is 0 Å². The van der Waals surface area contributed by atoms with Crippen LogP contribution in [0.1, 0.15) is 25.7 Å². The molecule has 2 N–H and O–H groups in total. The molecule has 0 aromatic carbocycles. The molecular weight excluding hydrogens is 458 g/mol. The third-order valence-corrected chi connectivity index (χ3v) is 6.51. The van der Waals surface area contributed by atoms with E-state index in [1.807, 2.05) is 12.3 Å². The molecule has 4 atom stereocenters. The second-order valence-electron chi connectivity index (χ2n) is 6.94. The van der Waals surface area contributed by atoms with E-state index >= 15 is 0 Å². The number of hydrogen-bond donors (Lipinski definition) is 2. The third-order valence-electron chi connectivity index (χ3n) is 5.05. The van der Waals surface area contributed by atoms with Crippen molar-refractivity contribution in [3.05, 3.63) is 57.8 Å². The quantitative estimate of drug-likeness (QED) is 0.469. The van der Waals surface area contributed by atoms with E-state index in [-0.39, 0.29) is 16.8 Å². The Morgan fingerprint density at radius 1 is 1.31 bits per heavy atom. The standard InChI is InChI=1S/C20H21Br2N3O/c21-16-9-13(10-17(22)20(16)26)19(12-4-2-1-3-5-12)24-15-6-7-18-14(8-15)11-23-25-18/h4,6-11,14,16,18,20,25-26H,1-3,5H2. The van der Waals surface area contributed by atoms with Gasteiger partial charge in [0.2, 0.25) is 0 Å². The first-order valence-electron chi connectivity index (χ1n) is 9.00. The molecule has 1 aliphatic heterocycles. The lowest BCUT2D eigenvalue weighted by Gasteiger charge is -2.24. The summed E-state index contributed by atoms with van der Waals surface area (Å²) in [5, 5.41) is 14.3. The molecule has 6 heteroatoms. The highest BCUT2D eigenvalue weighted by Gasteiger charge is 2.26. The zero-order chi connectivity index (χ0) is 18.1. The zero-order valence-electron chi connectivity index (χ0n) is 14.3. The van der Waals surface area contributed by atoms with E-state index in [1.165, 1.54) is 18.4 Å². The molecular formula is C20H21Br2N3O. The number of alkyl halides is 1. The van der Waals surface area contributed by atoms with Gasteiger partial charge >= 0.3 is 0 Å². The summed E-state index contributed by atoms with van der Waals surface area (Å²) in [6, 6.07) is 0.247. The molecule has 26 heavy (non-hydrogen) atoms. The van der Waals surface area contributed by atoms with Crippen LogP contribution in [0, 0.1) is 5.92 Å². The number of nitrogens with zero attached hydrogens (tertiary/aromatic N) is 2. The van der Waals surface area contributed by atoms with E-state index in [4.69, 9.17) is 4.99 Å². The summed E-state index contributed by atoms with van der Waals surface area (Å²) >= 11 is 7.06. The van der Waals surface area contributed by atoms with Crippen LogP contribution in [0.15, 0.2) is 67.9 Å². The predicted molar refractivity (Wildman–Crippen MR) is 114 cm³/mol. The van der Waals surface area contributed by atoms with Crippen LogP contribution in [0.4, 0.5) is 0 Å². The first-order valence-corrected chi connectivity index (χ1v) is 10.7. The summed E-state index contributed by atoms with van der Waals surface area (Å²) in [7, 11) is 0. The number of rotatable bonds is 3. The number of aliphatic imine (C=N–C) groups is 1. The number of nitrogens with one attached hydrogen (secondary N) is 1. The van der Waals surface area contributed by atoms with E-state index in [1.54, 1.807) is 0 Å². The van der Waals surface area contributed by atoms with Gasteiger partial charge in [0, 0.05) is 16.6 Å². The van der Waals surface area contributed by atoms with E-state index < -0.39 is 6.10 Å². The summed E-state index contributed by atoms with van der Waals surface area (Å²) in [5.41, 5.74) is 7.41. The van der Waals surface area contributed by atoms with Gasteiger partial charge < -0.3 is 10.5 Å². The summed E-state index contributed by atoms with van der Waals surface area (Å²) < 4.78 is 0.779. The van der Waals surface area contributed by atoms with Crippen molar-refractivity contribution in [2.75, 3.05) is 0 Å². The van der Waals surface area contributed by atoms with Crippen molar-refractivity contribution in [1.29, 1.82) is 0 Å². The van der Waals surface area contributed by atoms with Crippen LogP contribution < -0.4 is 5.43 Å². The molecule has 0 amide bonds. The van der Waals surface area contributed by atoms with Gasteiger partial charge in [-0.15, -0.1) is 0 Å². The number of allylic oxidation sites excluding steroid dienone is 5. The molecule has 0 fully saturated rings. The number of hydrogen-bond acceptors (Lipinski definition) is 4.